The second-order valence-corrected chi connectivity index (χ2v) is 6.49. The largest absolute Gasteiger partial charge is 0.371 e. The van der Waals surface area contributed by atoms with Gasteiger partial charge in [0.1, 0.15) is 5.54 Å². The molecule has 1 heterocycles. The van der Waals surface area contributed by atoms with Crippen LogP contribution in [0.2, 0.25) is 0 Å². The van der Waals surface area contributed by atoms with Crippen molar-refractivity contribution in [2.24, 2.45) is 0 Å². The molecular weight excluding hydrogens is 298 g/mol. The Morgan fingerprint density at radius 2 is 1.83 bits per heavy atom. The Kier molecular flexibility index (Phi) is 5.16. The summed E-state index contributed by atoms with van der Waals surface area (Å²) in [6.45, 7) is 4.31. The molecule has 0 radical (unpaired) electrons. The molecule has 1 amide bonds. The van der Waals surface area contributed by atoms with Crippen LogP contribution in [0.5, 0.6) is 0 Å². The van der Waals surface area contributed by atoms with Crippen molar-refractivity contribution in [2.45, 2.75) is 31.8 Å². The number of carbonyl (C=O) groups excluding carboxylic acids is 1. The maximum absolute atomic E-state index is 13.0. The van der Waals surface area contributed by atoms with Crippen LogP contribution in [0.3, 0.4) is 0 Å². The molecule has 3 N–H and O–H groups in total. The number of benzene rings is 2. The highest BCUT2D eigenvalue weighted by Crippen LogP contribution is 2.25. The van der Waals surface area contributed by atoms with E-state index in [1.807, 2.05) is 42.5 Å². The summed E-state index contributed by atoms with van der Waals surface area (Å²) in [5.41, 5.74) is 2.76. The number of nitrogens with one attached hydrogen (secondary N) is 3. The van der Waals surface area contributed by atoms with E-state index in [1.54, 1.807) is 0 Å². The molecule has 2 aromatic rings. The minimum absolute atomic E-state index is 0.0781. The zero-order valence-electron chi connectivity index (χ0n) is 14.1. The molecule has 4 heteroatoms. The Hall–Kier alpha value is -2.33. The molecule has 1 aliphatic heterocycles. The minimum Gasteiger partial charge on any atom is -0.371 e. The van der Waals surface area contributed by atoms with Crippen LogP contribution in [-0.2, 0) is 11.3 Å². The average molecular weight is 323 g/mol. The first-order chi connectivity index (χ1) is 11.7. The second-order valence-electron chi connectivity index (χ2n) is 6.49. The van der Waals surface area contributed by atoms with E-state index < -0.39 is 5.54 Å². The molecule has 1 aliphatic rings. The lowest BCUT2D eigenvalue weighted by molar-refractivity contribution is -0.126. The van der Waals surface area contributed by atoms with Crippen LogP contribution in [0.1, 0.15) is 24.0 Å². The van der Waals surface area contributed by atoms with E-state index >= 15 is 0 Å². The first kappa shape index (κ1) is 16.5. The van der Waals surface area contributed by atoms with Gasteiger partial charge in [-0.2, -0.15) is 0 Å². The maximum atomic E-state index is 13.0. The smallest absolute Gasteiger partial charge is 0.246 e. The third-order valence-electron chi connectivity index (χ3n) is 4.59. The topological polar surface area (TPSA) is 53.2 Å². The molecule has 0 atom stereocenters. The zero-order valence-corrected chi connectivity index (χ0v) is 14.1. The first-order valence-electron chi connectivity index (χ1n) is 8.56. The van der Waals surface area contributed by atoms with Crippen molar-refractivity contribution in [1.29, 1.82) is 0 Å². The SMILES string of the molecule is Cc1cccc(NC2(C(=O)NCc3ccccc3)CCNCC2)c1. The molecule has 3 rings (SSSR count). The average Bonchev–Trinajstić information content (AvgIpc) is 2.61. The van der Waals surface area contributed by atoms with Crippen molar-refractivity contribution in [3.05, 3.63) is 65.7 Å². The summed E-state index contributed by atoms with van der Waals surface area (Å²) in [4.78, 5) is 13.0. The van der Waals surface area contributed by atoms with Crippen LogP contribution in [0.4, 0.5) is 5.69 Å². The van der Waals surface area contributed by atoms with Crippen molar-refractivity contribution >= 4 is 11.6 Å². The van der Waals surface area contributed by atoms with Gasteiger partial charge in [0.25, 0.3) is 0 Å². The van der Waals surface area contributed by atoms with E-state index in [1.165, 1.54) is 5.56 Å². The molecule has 0 bridgehead atoms. The van der Waals surface area contributed by atoms with E-state index in [4.69, 9.17) is 0 Å². The fraction of sp³-hybridized carbons (Fsp3) is 0.350. The van der Waals surface area contributed by atoms with Crippen molar-refractivity contribution in [1.82, 2.24) is 10.6 Å². The first-order valence-corrected chi connectivity index (χ1v) is 8.56. The highest BCUT2D eigenvalue weighted by atomic mass is 16.2. The Morgan fingerprint density at radius 1 is 1.08 bits per heavy atom. The molecule has 126 valence electrons. The second kappa shape index (κ2) is 7.49. The van der Waals surface area contributed by atoms with Gasteiger partial charge in [-0.05, 0) is 56.1 Å². The number of anilines is 1. The number of piperidine rings is 1. The van der Waals surface area contributed by atoms with Gasteiger partial charge in [-0.15, -0.1) is 0 Å². The van der Waals surface area contributed by atoms with Gasteiger partial charge in [-0.25, -0.2) is 0 Å². The van der Waals surface area contributed by atoms with Gasteiger partial charge in [-0.1, -0.05) is 42.5 Å². The van der Waals surface area contributed by atoms with Crippen LogP contribution in [0, 0.1) is 6.92 Å². The highest BCUT2D eigenvalue weighted by Gasteiger charge is 2.39. The van der Waals surface area contributed by atoms with Gasteiger partial charge >= 0.3 is 0 Å². The van der Waals surface area contributed by atoms with E-state index in [0.717, 1.165) is 37.2 Å². The maximum Gasteiger partial charge on any atom is 0.246 e. The lowest BCUT2D eigenvalue weighted by atomic mass is 9.86. The Labute approximate surface area is 143 Å². The van der Waals surface area contributed by atoms with Crippen molar-refractivity contribution in [3.63, 3.8) is 0 Å². The van der Waals surface area contributed by atoms with Gasteiger partial charge < -0.3 is 16.0 Å². The molecule has 1 saturated heterocycles. The van der Waals surface area contributed by atoms with E-state index in [-0.39, 0.29) is 5.91 Å². The molecular formula is C20H25N3O. The summed E-state index contributed by atoms with van der Waals surface area (Å²) in [5.74, 6) is 0.0781. The number of aryl methyl sites for hydroxylation is 1. The van der Waals surface area contributed by atoms with Crippen molar-refractivity contribution < 1.29 is 4.79 Å². The molecule has 0 unspecified atom stereocenters. The Morgan fingerprint density at radius 3 is 2.54 bits per heavy atom. The summed E-state index contributed by atoms with van der Waals surface area (Å²) in [6, 6.07) is 18.2. The number of rotatable bonds is 5. The number of hydrogen-bond acceptors (Lipinski definition) is 3. The van der Waals surface area contributed by atoms with Crippen LogP contribution in [-0.4, -0.2) is 24.5 Å². The van der Waals surface area contributed by atoms with Crippen molar-refractivity contribution in [3.8, 4) is 0 Å². The van der Waals surface area contributed by atoms with Gasteiger partial charge in [-0.3, -0.25) is 4.79 Å². The summed E-state index contributed by atoms with van der Waals surface area (Å²) in [7, 11) is 0. The molecule has 0 saturated carbocycles. The van der Waals surface area contributed by atoms with Crippen LogP contribution in [0.15, 0.2) is 54.6 Å². The lowest BCUT2D eigenvalue weighted by Crippen LogP contribution is -2.57. The van der Waals surface area contributed by atoms with Gasteiger partial charge in [0.2, 0.25) is 5.91 Å². The number of hydrogen-bond donors (Lipinski definition) is 3. The van der Waals surface area contributed by atoms with Gasteiger partial charge in [0.05, 0.1) is 0 Å². The highest BCUT2D eigenvalue weighted by molar-refractivity contribution is 5.89. The molecule has 0 spiro atoms. The Bertz CT molecular complexity index is 678. The third kappa shape index (κ3) is 3.95. The van der Waals surface area contributed by atoms with Crippen LogP contribution >= 0.6 is 0 Å². The van der Waals surface area contributed by atoms with Gasteiger partial charge in [0, 0.05) is 12.2 Å². The summed E-state index contributed by atoms with van der Waals surface area (Å²) in [5, 5.41) is 9.98. The summed E-state index contributed by atoms with van der Waals surface area (Å²) >= 11 is 0. The molecule has 1 fully saturated rings. The predicted octanol–water partition coefficient (Wildman–Crippen LogP) is 2.85. The van der Waals surface area contributed by atoms with E-state index in [0.29, 0.717) is 6.54 Å². The third-order valence-corrected chi connectivity index (χ3v) is 4.59. The lowest BCUT2D eigenvalue weighted by Gasteiger charge is -2.38. The molecule has 24 heavy (non-hydrogen) atoms. The summed E-state index contributed by atoms with van der Waals surface area (Å²) in [6.07, 6.45) is 1.56. The minimum atomic E-state index is -0.548. The zero-order chi connectivity index (χ0) is 16.8. The van der Waals surface area contributed by atoms with Gasteiger partial charge in [0.15, 0.2) is 0 Å². The van der Waals surface area contributed by atoms with Crippen LogP contribution < -0.4 is 16.0 Å². The number of amides is 1. The Balaban J connectivity index is 1.73. The molecule has 2 aromatic carbocycles. The normalized spacial score (nSPS) is 16.4. The fourth-order valence-corrected chi connectivity index (χ4v) is 3.21. The quantitative estimate of drug-likeness (QED) is 0.793. The summed E-state index contributed by atoms with van der Waals surface area (Å²) < 4.78 is 0. The predicted molar refractivity (Wildman–Crippen MR) is 97.9 cm³/mol. The molecule has 0 aliphatic carbocycles. The van der Waals surface area contributed by atoms with E-state index in [9.17, 15) is 4.79 Å². The number of carbonyl (C=O) groups is 1. The van der Waals surface area contributed by atoms with E-state index in [2.05, 4.69) is 35.0 Å². The molecule has 0 aromatic heterocycles. The monoisotopic (exact) mass is 323 g/mol. The van der Waals surface area contributed by atoms with Crippen LogP contribution in [0.25, 0.3) is 0 Å². The van der Waals surface area contributed by atoms with Crippen molar-refractivity contribution in [2.75, 3.05) is 18.4 Å². The fourth-order valence-electron chi connectivity index (χ4n) is 3.21. The molecule has 4 nitrogen and oxygen atoms in total. The standard InChI is InChI=1S/C20H25N3O/c1-16-6-5-9-18(14-16)23-20(10-12-21-13-11-20)19(24)22-15-17-7-3-2-4-8-17/h2-9,14,21,23H,10-13,15H2,1H3,(H,22,24).